The van der Waals surface area contributed by atoms with E-state index in [-0.39, 0.29) is 61.6 Å². The number of aliphatic hydroxyl groups is 1. The van der Waals surface area contributed by atoms with E-state index in [4.69, 9.17) is 25.8 Å². The molecule has 1 aliphatic heterocycles. The van der Waals surface area contributed by atoms with Crippen molar-refractivity contribution in [2.45, 2.75) is 97.4 Å². The number of likely N-dealkylation sites (tertiary alicyclic amines) is 1. The molecule has 13 nitrogen and oxygen atoms in total. The second kappa shape index (κ2) is 23.5. The summed E-state index contributed by atoms with van der Waals surface area (Å²) in [7, 11) is 0. The molecule has 1 aliphatic carbocycles. The van der Waals surface area contributed by atoms with E-state index in [1.54, 1.807) is 47.9 Å². The van der Waals surface area contributed by atoms with Gasteiger partial charge in [0.15, 0.2) is 0 Å². The van der Waals surface area contributed by atoms with Crippen molar-refractivity contribution >= 4 is 57.2 Å². The number of amides is 3. The summed E-state index contributed by atoms with van der Waals surface area (Å²) in [6.07, 6.45) is 4.81. The van der Waals surface area contributed by atoms with Gasteiger partial charge in [0.25, 0.3) is 0 Å². The van der Waals surface area contributed by atoms with Gasteiger partial charge in [0, 0.05) is 55.3 Å². The highest BCUT2D eigenvalue weighted by Crippen LogP contribution is 2.41. The van der Waals surface area contributed by atoms with Gasteiger partial charge in [-0.15, -0.1) is 11.3 Å². The zero-order valence-corrected chi connectivity index (χ0v) is 41.1. The van der Waals surface area contributed by atoms with Crippen molar-refractivity contribution in [1.82, 2.24) is 25.5 Å². The zero-order valence-electron chi connectivity index (χ0n) is 39.6. The average molecular weight is 972 g/mol. The maximum Gasteiger partial charge on any atom is 0.243 e. The van der Waals surface area contributed by atoms with Crippen molar-refractivity contribution in [3.05, 3.63) is 106 Å². The van der Waals surface area contributed by atoms with Gasteiger partial charge in [-0.25, -0.2) is 9.37 Å². The smallest absolute Gasteiger partial charge is 0.243 e. The Morgan fingerprint density at radius 1 is 0.941 bits per heavy atom. The van der Waals surface area contributed by atoms with Gasteiger partial charge in [0.1, 0.15) is 24.2 Å². The number of fused-ring (bicyclic) bond motifs is 1. The predicted octanol–water partition coefficient (Wildman–Crippen LogP) is 8.70. The van der Waals surface area contributed by atoms with Crippen molar-refractivity contribution in [1.29, 1.82) is 0 Å². The topological polar surface area (TPSA) is 164 Å². The Labute approximate surface area is 407 Å². The number of aliphatic hydroxyl groups excluding tert-OH is 1. The highest BCUT2D eigenvalue weighted by atomic mass is 35.5. The Kier molecular flexibility index (Phi) is 17.6. The number of ether oxygens (including phenoxy) is 3. The Balaban J connectivity index is 0.780. The molecule has 1 saturated heterocycles. The first-order chi connectivity index (χ1) is 32.7. The summed E-state index contributed by atoms with van der Waals surface area (Å²) in [5.41, 5.74) is 6.83. The van der Waals surface area contributed by atoms with Gasteiger partial charge in [0.2, 0.25) is 17.7 Å². The molecule has 0 unspecified atom stereocenters. The zero-order chi connectivity index (χ0) is 48.4. The molecule has 2 fully saturated rings. The highest BCUT2D eigenvalue weighted by molar-refractivity contribution is 7.13. The normalized spacial score (nSPS) is 19.4. The summed E-state index contributed by atoms with van der Waals surface area (Å²) >= 11 is 8.03. The van der Waals surface area contributed by atoms with Crippen LogP contribution in [0.5, 0.6) is 5.75 Å². The molecule has 4 N–H and O–H groups in total. The Morgan fingerprint density at radius 2 is 1.68 bits per heavy atom. The Bertz CT molecular complexity index is 2490. The number of halogens is 2. The van der Waals surface area contributed by atoms with Crippen molar-refractivity contribution < 1.29 is 38.1 Å². The molecule has 364 valence electrons. The van der Waals surface area contributed by atoms with Gasteiger partial charge in [-0.3, -0.25) is 19.4 Å². The number of hydrogen-bond donors (Lipinski definition) is 4. The molecule has 4 atom stereocenters. The van der Waals surface area contributed by atoms with E-state index in [0.29, 0.717) is 55.3 Å². The minimum absolute atomic E-state index is 0.0609. The van der Waals surface area contributed by atoms with Crippen LogP contribution in [0.25, 0.3) is 21.3 Å². The molecular weight excluding hydrogens is 907 g/mol. The molecule has 16 heteroatoms. The number of β-amino-alcohol motifs (C(OH)–C–C–N with tert-alkyl or cyclic N) is 1. The number of rotatable bonds is 20. The highest BCUT2D eigenvalue weighted by Gasteiger charge is 2.43. The van der Waals surface area contributed by atoms with E-state index in [1.807, 2.05) is 70.5 Å². The number of nitrogens with one attached hydrogen (secondary N) is 3. The van der Waals surface area contributed by atoms with E-state index in [2.05, 4.69) is 25.9 Å². The van der Waals surface area contributed by atoms with Gasteiger partial charge < -0.3 is 40.2 Å². The third-order valence-corrected chi connectivity index (χ3v) is 14.4. The van der Waals surface area contributed by atoms with Crippen molar-refractivity contribution in [2.24, 2.45) is 17.3 Å². The van der Waals surface area contributed by atoms with Crippen LogP contribution in [0.4, 0.5) is 10.1 Å². The molecule has 2 aromatic heterocycles. The summed E-state index contributed by atoms with van der Waals surface area (Å²) in [4.78, 5) is 52.2. The lowest BCUT2D eigenvalue weighted by Crippen LogP contribution is -2.57. The van der Waals surface area contributed by atoms with E-state index < -0.39 is 23.6 Å². The first-order valence-corrected chi connectivity index (χ1v) is 24.8. The lowest BCUT2D eigenvalue weighted by molar-refractivity contribution is -0.142. The van der Waals surface area contributed by atoms with Crippen LogP contribution >= 0.6 is 22.9 Å². The number of carbonyl (C=O) groups is 3. The van der Waals surface area contributed by atoms with Gasteiger partial charge in [0.05, 0.1) is 65.2 Å². The maximum absolute atomic E-state index is 14.1. The van der Waals surface area contributed by atoms with E-state index in [0.717, 1.165) is 63.8 Å². The standard InChI is InChI=1S/C52H64ClFN6O7S/c1-32(35-10-12-36(13-11-35)41-18-19-55-44-17-14-38(54)26-42(41)44)49(62)59-39-15-16-43(53)46(27-39)67-25-24-66-23-22-65-21-20-56-48(52(3,4)5)51(64)60-30-40(61)28-45(60)50(63)57-29-34-6-8-37(9-7-34)47-33(2)58-31-68-47/h6-9,14-19,26-27,31-32,35-36,40,45,48,56,61H,10-13,20-25,28-30H2,1-5H3,(H,57,63)(H,59,62)/t32-,35?,36?,40-,45+,48-/m1/s1. The van der Waals surface area contributed by atoms with Gasteiger partial charge in [-0.1, -0.05) is 63.6 Å². The molecule has 5 aromatic rings. The second-order valence-corrected chi connectivity index (χ2v) is 20.3. The lowest BCUT2D eigenvalue weighted by atomic mass is 9.73. The Hall–Kier alpha value is -5.03. The SMILES string of the molecule is Cc1ncsc1-c1ccc(CNC(=O)[C@@H]2C[C@@H](O)CN2C(=O)[C@@H](NCCOCCOCCOc2cc(NC(=O)[C@H](C)C3CCC(c4ccnc5ccc(F)cc45)CC3)ccc2Cl)C(C)(C)C)cc1. The molecule has 68 heavy (non-hydrogen) atoms. The minimum atomic E-state index is -0.797. The molecule has 0 bridgehead atoms. The number of thiazole rings is 1. The van der Waals surface area contributed by atoms with Crippen LogP contribution in [-0.4, -0.2) is 102 Å². The molecule has 2 aliphatic rings. The first kappa shape index (κ1) is 50.8. The summed E-state index contributed by atoms with van der Waals surface area (Å²) in [6.45, 7) is 12.1. The number of hydrogen-bond acceptors (Lipinski definition) is 11. The number of nitrogens with zero attached hydrogens (tertiary/aromatic N) is 3. The van der Waals surface area contributed by atoms with Gasteiger partial charge >= 0.3 is 0 Å². The third-order valence-electron chi connectivity index (χ3n) is 13.1. The van der Waals surface area contributed by atoms with Gasteiger partial charge in [-0.2, -0.15) is 0 Å². The summed E-state index contributed by atoms with van der Waals surface area (Å²) in [5, 5.41) is 21.2. The molecule has 0 radical (unpaired) electrons. The molecular formula is C52H64ClFN6O7S. The van der Waals surface area contributed by atoms with Crippen LogP contribution < -0.4 is 20.7 Å². The average Bonchev–Trinajstić information content (AvgIpc) is 3.95. The number of aryl methyl sites for hydroxylation is 1. The van der Waals surface area contributed by atoms with Crippen molar-refractivity contribution in [3.63, 3.8) is 0 Å². The van der Waals surface area contributed by atoms with Crippen LogP contribution in [-0.2, 0) is 30.4 Å². The second-order valence-electron chi connectivity index (χ2n) is 19.0. The molecule has 3 amide bonds. The number of anilines is 1. The number of benzene rings is 3. The Morgan fingerprint density at radius 3 is 2.40 bits per heavy atom. The van der Waals surface area contributed by atoms with Gasteiger partial charge in [-0.05, 0) is 103 Å². The third kappa shape index (κ3) is 13.2. The van der Waals surface area contributed by atoms with E-state index in [1.165, 1.54) is 11.0 Å². The summed E-state index contributed by atoms with van der Waals surface area (Å²) < 4.78 is 31.5. The molecule has 3 heterocycles. The van der Waals surface area contributed by atoms with E-state index >= 15 is 0 Å². The van der Waals surface area contributed by atoms with Crippen LogP contribution in [0, 0.1) is 30.0 Å². The quantitative estimate of drug-likeness (QED) is 0.0555. The van der Waals surface area contributed by atoms with Crippen LogP contribution in [0.15, 0.2) is 78.4 Å². The number of carbonyl (C=O) groups excluding carboxylic acids is 3. The number of aromatic nitrogens is 2. The van der Waals surface area contributed by atoms with E-state index in [9.17, 15) is 23.9 Å². The molecule has 7 rings (SSSR count). The minimum Gasteiger partial charge on any atom is -0.490 e. The first-order valence-electron chi connectivity index (χ1n) is 23.6. The summed E-state index contributed by atoms with van der Waals surface area (Å²) in [6, 6.07) is 18.5. The summed E-state index contributed by atoms with van der Waals surface area (Å²) in [5.74, 6) is -0.102. The lowest BCUT2D eigenvalue weighted by Gasteiger charge is -2.35. The maximum atomic E-state index is 14.1. The van der Waals surface area contributed by atoms with Crippen molar-refractivity contribution in [2.75, 3.05) is 51.4 Å². The molecule has 3 aromatic carbocycles. The molecule has 0 spiro atoms. The predicted molar refractivity (Wildman–Crippen MR) is 264 cm³/mol. The fourth-order valence-electron chi connectivity index (χ4n) is 9.29. The fourth-order valence-corrected chi connectivity index (χ4v) is 10.3. The monoisotopic (exact) mass is 970 g/mol. The van der Waals surface area contributed by atoms with Crippen LogP contribution in [0.1, 0.15) is 82.5 Å². The van der Waals surface area contributed by atoms with Crippen molar-refractivity contribution in [3.8, 4) is 16.2 Å². The van der Waals surface area contributed by atoms with Crippen LogP contribution in [0.2, 0.25) is 5.02 Å². The molecule has 1 saturated carbocycles. The number of pyridine rings is 1. The largest absolute Gasteiger partial charge is 0.490 e. The fraction of sp³-hybridized carbons (Fsp3) is 0.481. The van der Waals surface area contributed by atoms with Crippen LogP contribution in [0.3, 0.4) is 0 Å².